The zero-order valence-corrected chi connectivity index (χ0v) is 21.7. The van der Waals surface area contributed by atoms with Gasteiger partial charge in [0.05, 0.1) is 39.6 Å². The van der Waals surface area contributed by atoms with Crippen LogP contribution in [0.1, 0.15) is 5.56 Å². The molecule has 0 saturated heterocycles. The van der Waals surface area contributed by atoms with Gasteiger partial charge in [0.15, 0.2) is 0 Å². The summed E-state index contributed by atoms with van der Waals surface area (Å²) in [5.41, 5.74) is 0.687. The molecule has 1 aromatic heterocycles. The first-order valence-corrected chi connectivity index (χ1v) is 12.0. The fraction of sp³-hybridized carbons (Fsp3) is 0.357. The molecule has 0 amide bonds. The van der Waals surface area contributed by atoms with Crippen LogP contribution >= 0.6 is 0 Å². The first kappa shape index (κ1) is 30.5. The van der Waals surface area contributed by atoms with Gasteiger partial charge in [0.25, 0.3) is 5.56 Å². The lowest BCUT2D eigenvalue weighted by Crippen LogP contribution is -2.10. The Bertz CT molecular complexity index is 1180. The fourth-order valence-corrected chi connectivity index (χ4v) is 3.06. The first-order valence-electron chi connectivity index (χ1n) is 12.0. The van der Waals surface area contributed by atoms with Crippen molar-refractivity contribution in [3.05, 3.63) is 76.7 Å². The van der Waals surface area contributed by atoms with Gasteiger partial charge in [0.1, 0.15) is 24.7 Å². The van der Waals surface area contributed by atoms with E-state index in [1.807, 2.05) is 24.3 Å². The Morgan fingerprint density at radius 3 is 2.08 bits per heavy atom. The topological polar surface area (TPSA) is 126 Å². The van der Waals surface area contributed by atoms with E-state index in [0.717, 1.165) is 22.8 Å². The number of pyridine rings is 1. The maximum absolute atomic E-state index is 11.5. The summed E-state index contributed by atoms with van der Waals surface area (Å²) in [6.45, 7) is 4.16. The number of methoxy groups -OCH3 is 2. The summed E-state index contributed by atoms with van der Waals surface area (Å²) in [6, 6.07) is 14.4. The molecule has 0 unspecified atom stereocenters. The van der Waals surface area contributed by atoms with Crippen LogP contribution in [0.15, 0.2) is 65.6 Å². The molecule has 206 valence electrons. The number of aliphatic carboxylic acids is 1. The summed E-state index contributed by atoms with van der Waals surface area (Å²) >= 11 is 0. The minimum Gasteiger partial charge on any atom is -0.491 e. The van der Waals surface area contributed by atoms with Crippen LogP contribution in [0.4, 0.5) is 0 Å². The minimum absolute atomic E-state index is 0.0908. The highest BCUT2D eigenvalue weighted by Gasteiger charge is 2.00. The molecule has 0 aliphatic heterocycles. The average Bonchev–Trinajstić information content (AvgIpc) is 2.92. The summed E-state index contributed by atoms with van der Waals surface area (Å²) in [5, 5.41) is 10.1. The number of carboxylic acids is 1. The number of benzene rings is 2. The SMILES string of the molecule is COCCOCCOc1ccc2c(=O)[nH]ccc2c1.COCCOCCOc1cccc(C=CC(=O)O)c1. The van der Waals surface area contributed by atoms with Gasteiger partial charge in [-0.15, -0.1) is 0 Å². The van der Waals surface area contributed by atoms with Gasteiger partial charge >= 0.3 is 5.97 Å². The molecule has 38 heavy (non-hydrogen) atoms. The molecule has 2 N–H and O–H groups in total. The van der Waals surface area contributed by atoms with E-state index in [-0.39, 0.29) is 5.56 Å². The highest BCUT2D eigenvalue weighted by atomic mass is 16.5. The Labute approximate surface area is 221 Å². The molecule has 0 atom stereocenters. The number of rotatable bonds is 16. The zero-order valence-electron chi connectivity index (χ0n) is 21.7. The molecule has 0 fully saturated rings. The second-order valence-corrected chi connectivity index (χ2v) is 7.71. The van der Waals surface area contributed by atoms with Crippen molar-refractivity contribution in [2.75, 3.05) is 67.1 Å². The molecule has 0 radical (unpaired) electrons. The Morgan fingerprint density at radius 1 is 0.816 bits per heavy atom. The lowest BCUT2D eigenvalue weighted by molar-refractivity contribution is -0.131. The van der Waals surface area contributed by atoms with Crippen LogP contribution in [0, 0.1) is 0 Å². The molecular weight excluding hydrogens is 494 g/mol. The van der Waals surface area contributed by atoms with Gasteiger partial charge in [-0.1, -0.05) is 12.1 Å². The molecule has 3 rings (SSSR count). The molecule has 2 aromatic carbocycles. The van der Waals surface area contributed by atoms with E-state index in [9.17, 15) is 9.59 Å². The average molecular weight is 530 g/mol. The Morgan fingerprint density at radius 2 is 1.45 bits per heavy atom. The number of H-pyrrole nitrogens is 1. The number of carbonyl (C=O) groups is 1. The van der Waals surface area contributed by atoms with E-state index in [2.05, 4.69) is 4.98 Å². The third kappa shape index (κ3) is 12.5. The maximum atomic E-state index is 11.5. The Kier molecular flexibility index (Phi) is 14.9. The third-order valence-corrected chi connectivity index (χ3v) is 4.88. The monoisotopic (exact) mass is 529 g/mol. The summed E-state index contributed by atoms with van der Waals surface area (Å²) in [5.74, 6) is 0.439. The van der Waals surface area contributed by atoms with Crippen LogP contribution in [-0.2, 0) is 23.7 Å². The molecule has 10 heteroatoms. The van der Waals surface area contributed by atoms with Crippen LogP contribution < -0.4 is 15.0 Å². The second-order valence-electron chi connectivity index (χ2n) is 7.71. The van der Waals surface area contributed by atoms with Gasteiger partial charge in [0, 0.05) is 31.9 Å². The molecule has 0 saturated carbocycles. The summed E-state index contributed by atoms with van der Waals surface area (Å²) in [7, 11) is 3.26. The fourth-order valence-electron chi connectivity index (χ4n) is 3.06. The lowest BCUT2D eigenvalue weighted by Gasteiger charge is -2.07. The largest absolute Gasteiger partial charge is 0.491 e. The Hall–Kier alpha value is -3.70. The van der Waals surface area contributed by atoms with Crippen molar-refractivity contribution in [3.63, 3.8) is 0 Å². The number of hydrogen-bond acceptors (Lipinski definition) is 8. The van der Waals surface area contributed by atoms with Crippen molar-refractivity contribution < 1.29 is 38.3 Å². The normalized spacial score (nSPS) is 10.8. The van der Waals surface area contributed by atoms with Crippen molar-refractivity contribution in [1.82, 2.24) is 4.98 Å². The predicted octanol–water partition coefficient (Wildman–Crippen LogP) is 3.40. The van der Waals surface area contributed by atoms with Crippen LogP contribution in [0.25, 0.3) is 16.8 Å². The lowest BCUT2D eigenvalue weighted by atomic mass is 10.2. The minimum atomic E-state index is -0.974. The number of ether oxygens (including phenoxy) is 6. The number of aromatic amines is 1. The number of hydrogen-bond donors (Lipinski definition) is 2. The highest BCUT2D eigenvalue weighted by Crippen LogP contribution is 2.17. The van der Waals surface area contributed by atoms with E-state index < -0.39 is 5.97 Å². The van der Waals surface area contributed by atoms with Crippen LogP contribution in [0.3, 0.4) is 0 Å². The predicted molar refractivity (Wildman–Crippen MR) is 144 cm³/mol. The van der Waals surface area contributed by atoms with Crippen LogP contribution in [-0.4, -0.2) is 83.1 Å². The highest BCUT2D eigenvalue weighted by molar-refractivity contribution is 5.85. The van der Waals surface area contributed by atoms with E-state index in [1.54, 1.807) is 44.7 Å². The first-order chi connectivity index (χ1) is 18.5. The third-order valence-electron chi connectivity index (χ3n) is 4.88. The van der Waals surface area contributed by atoms with Crippen LogP contribution in [0.2, 0.25) is 0 Å². The number of nitrogens with one attached hydrogen (secondary N) is 1. The summed E-state index contributed by atoms with van der Waals surface area (Å²) < 4.78 is 31.3. The smallest absolute Gasteiger partial charge is 0.328 e. The zero-order chi connectivity index (χ0) is 27.4. The molecule has 0 spiro atoms. The second kappa shape index (κ2) is 18.5. The summed E-state index contributed by atoms with van der Waals surface area (Å²) in [6.07, 6.45) is 4.24. The summed E-state index contributed by atoms with van der Waals surface area (Å²) in [4.78, 5) is 24.6. The van der Waals surface area contributed by atoms with Crippen molar-refractivity contribution in [2.24, 2.45) is 0 Å². The molecular formula is C28H35NO9. The standard InChI is InChI=1S/C14H17NO4.C14H18O5/c1-17-6-7-18-8-9-19-12-2-3-13-11(10-12)4-5-15-14(13)16;1-17-7-8-18-9-10-19-13-4-2-3-12(11-13)5-6-14(15)16/h2-5,10H,6-9H2,1H3,(H,15,16);2-6,11H,7-10H2,1H3,(H,15,16). The molecule has 1 heterocycles. The molecule has 10 nitrogen and oxygen atoms in total. The van der Waals surface area contributed by atoms with Crippen LogP contribution in [0.5, 0.6) is 11.5 Å². The maximum Gasteiger partial charge on any atom is 0.328 e. The number of aromatic nitrogens is 1. The van der Waals surface area contributed by atoms with Gasteiger partial charge in [0.2, 0.25) is 0 Å². The van der Waals surface area contributed by atoms with E-state index in [1.165, 1.54) is 6.08 Å². The van der Waals surface area contributed by atoms with Crippen molar-refractivity contribution in [2.45, 2.75) is 0 Å². The van der Waals surface area contributed by atoms with Gasteiger partial charge in [-0.2, -0.15) is 0 Å². The van der Waals surface area contributed by atoms with Crippen molar-refractivity contribution in [1.29, 1.82) is 0 Å². The van der Waals surface area contributed by atoms with Gasteiger partial charge in [-0.05, 0) is 53.4 Å². The van der Waals surface area contributed by atoms with E-state index in [0.29, 0.717) is 64.0 Å². The number of fused-ring (bicyclic) bond motifs is 1. The van der Waals surface area contributed by atoms with E-state index in [4.69, 9.17) is 33.5 Å². The molecule has 3 aromatic rings. The van der Waals surface area contributed by atoms with Gasteiger partial charge < -0.3 is 38.5 Å². The number of carboxylic acid groups (broad SMARTS) is 1. The molecule has 0 aliphatic rings. The van der Waals surface area contributed by atoms with E-state index >= 15 is 0 Å². The Balaban J connectivity index is 0.000000267. The molecule has 0 aliphatic carbocycles. The molecule has 0 bridgehead atoms. The van der Waals surface area contributed by atoms with Crippen molar-refractivity contribution >= 4 is 22.8 Å². The van der Waals surface area contributed by atoms with Gasteiger partial charge in [-0.25, -0.2) is 4.79 Å². The van der Waals surface area contributed by atoms with Gasteiger partial charge in [-0.3, -0.25) is 4.79 Å². The van der Waals surface area contributed by atoms with Crippen molar-refractivity contribution in [3.8, 4) is 11.5 Å². The quantitative estimate of drug-likeness (QED) is 0.212.